The molecule has 9 nitrogen and oxygen atoms in total. The lowest BCUT2D eigenvalue weighted by Crippen LogP contribution is -2.29. The highest BCUT2D eigenvalue weighted by Crippen LogP contribution is 2.32. The molecule has 27 heavy (non-hydrogen) atoms. The highest BCUT2D eigenvalue weighted by molar-refractivity contribution is 7.99. The number of amides is 1. The van der Waals surface area contributed by atoms with Crippen LogP contribution in [0.4, 0.5) is 5.82 Å². The van der Waals surface area contributed by atoms with Crippen LogP contribution in [-0.4, -0.2) is 40.7 Å². The van der Waals surface area contributed by atoms with Crippen molar-refractivity contribution in [2.45, 2.75) is 31.5 Å². The fourth-order valence-corrected chi connectivity index (χ4v) is 4.06. The van der Waals surface area contributed by atoms with Gasteiger partial charge in [0.1, 0.15) is 24.3 Å². The van der Waals surface area contributed by atoms with Gasteiger partial charge in [-0.1, -0.05) is 11.8 Å². The molecule has 4 heterocycles. The highest BCUT2D eigenvalue weighted by atomic mass is 32.2. The van der Waals surface area contributed by atoms with Gasteiger partial charge in [-0.15, -0.1) is 0 Å². The van der Waals surface area contributed by atoms with Crippen molar-refractivity contribution in [2.75, 3.05) is 11.1 Å². The molecule has 3 aromatic heterocycles. The predicted molar refractivity (Wildman–Crippen MR) is 100 cm³/mol. The lowest BCUT2D eigenvalue weighted by molar-refractivity contribution is -0.116. The smallest absolute Gasteiger partial charge is 0.257 e. The second-order valence-corrected chi connectivity index (χ2v) is 7.22. The van der Waals surface area contributed by atoms with Crippen molar-refractivity contribution >= 4 is 23.5 Å². The van der Waals surface area contributed by atoms with Crippen LogP contribution < -0.4 is 10.9 Å². The predicted octanol–water partition coefficient (Wildman–Crippen LogP) is 1.51. The number of fused-ring (bicyclic) bond motifs is 1. The summed E-state index contributed by atoms with van der Waals surface area (Å²) in [7, 11) is 0. The molecule has 1 N–H and O–H groups in total. The number of nitrogens with zero attached hydrogens (tertiary/aromatic N) is 6. The normalized spacial score (nSPS) is 15.6. The number of rotatable bonds is 4. The first-order valence-electron chi connectivity index (χ1n) is 8.35. The van der Waals surface area contributed by atoms with Gasteiger partial charge in [0.05, 0.1) is 6.04 Å². The van der Waals surface area contributed by atoms with E-state index in [0.717, 1.165) is 5.69 Å². The fraction of sp³-hybridized carbons (Fsp3) is 0.294. The van der Waals surface area contributed by atoms with Gasteiger partial charge in [-0.05, 0) is 13.8 Å². The Hall–Kier alpha value is -3.01. The second kappa shape index (κ2) is 6.95. The molecule has 0 aromatic carbocycles. The van der Waals surface area contributed by atoms with Crippen molar-refractivity contribution in [3.8, 4) is 5.82 Å². The number of carbonyl (C=O) groups excluding carboxylic acids is 1. The van der Waals surface area contributed by atoms with Gasteiger partial charge >= 0.3 is 0 Å². The van der Waals surface area contributed by atoms with E-state index in [1.165, 1.54) is 18.1 Å². The third-order valence-electron chi connectivity index (χ3n) is 4.43. The molecule has 1 unspecified atom stereocenters. The van der Waals surface area contributed by atoms with Crippen LogP contribution in [0.15, 0.2) is 41.1 Å². The number of anilines is 1. The molecule has 10 heteroatoms. The maximum atomic E-state index is 12.6. The largest absolute Gasteiger partial charge is 0.310 e. The summed E-state index contributed by atoms with van der Waals surface area (Å²) in [6.07, 6.45) is 6.57. The first kappa shape index (κ1) is 17.4. The van der Waals surface area contributed by atoms with E-state index in [-0.39, 0.29) is 23.9 Å². The van der Waals surface area contributed by atoms with Crippen LogP contribution in [0.3, 0.4) is 0 Å². The number of nitrogens with one attached hydrogen (secondary N) is 1. The fourth-order valence-electron chi connectivity index (χ4n) is 2.88. The van der Waals surface area contributed by atoms with Gasteiger partial charge < -0.3 is 5.32 Å². The molecular weight excluding hydrogens is 366 g/mol. The van der Waals surface area contributed by atoms with Gasteiger partial charge in [-0.3, -0.25) is 18.7 Å². The zero-order valence-electron chi connectivity index (χ0n) is 14.8. The second-order valence-electron chi connectivity index (χ2n) is 6.23. The number of aryl methyl sites for hydroxylation is 1. The minimum absolute atomic E-state index is 0.0790. The molecule has 1 atom stereocenters. The van der Waals surface area contributed by atoms with Crippen molar-refractivity contribution in [3.05, 3.63) is 52.7 Å². The van der Waals surface area contributed by atoms with Crippen molar-refractivity contribution in [3.63, 3.8) is 0 Å². The molecular formula is C17H17N7O2S. The summed E-state index contributed by atoms with van der Waals surface area (Å²) in [4.78, 5) is 41.7. The first-order chi connectivity index (χ1) is 13.0. The number of aromatic nitrogens is 6. The lowest BCUT2D eigenvalue weighted by atomic mass is 10.2. The molecule has 3 aromatic rings. The lowest BCUT2D eigenvalue weighted by Gasteiger charge is -2.14. The molecule has 4 rings (SSSR count). The Bertz CT molecular complexity index is 1060. The maximum absolute atomic E-state index is 12.6. The Balaban J connectivity index is 1.50. The monoisotopic (exact) mass is 383 g/mol. The van der Waals surface area contributed by atoms with Crippen molar-refractivity contribution in [1.29, 1.82) is 0 Å². The SMILES string of the molecule is Cc1nc2n(c(=O)c1C)C(CC(=O)Nc1cc(-n3ccnc3)ncn1)CS2. The van der Waals surface area contributed by atoms with E-state index < -0.39 is 0 Å². The van der Waals surface area contributed by atoms with Crippen LogP contribution >= 0.6 is 11.8 Å². The molecule has 1 amide bonds. The molecule has 0 fully saturated rings. The molecule has 1 aliphatic rings. The van der Waals surface area contributed by atoms with Gasteiger partial charge in [0, 0.05) is 41.9 Å². The Morgan fingerprint density at radius 2 is 2.22 bits per heavy atom. The number of carbonyl (C=O) groups is 1. The summed E-state index contributed by atoms with van der Waals surface area (Å²) in [5.74, 6) is 1.43. The summed E-state index contributed by atoms with van der Waals surface area (Å²) in [5, 5.41) is 3.45. The first-order valence-corrected chi connectivity index (χ1v) is 9.34. The summed E-state index contributed by atoms with van der Waals surface area (Å²) >= 11 is 1.50. The van der Waals surface area contributed by atoms with Crippen LogP contribution in [-0.2, 0) is 4.79 Å². The van der Waals surface area contributed by atoms with Gasteiger partial charge in [0.15, 0.2) is 5.16 Å². The van der Waals surface area contributed by atoms with E-state index in [0.29, 0.717) is 28.1 Å². The van der Waals surface area contributed by atoms with Gasteiger partial charge in [-0.25, -0.2) is 19.9 Å². The van der Waals surface area contributed by atoms with Crippen LogP contribution in [0.25, 0.3) is 5.82 Å². The van der Waals surface area contributed by atoms with E-state index >= 15 is 0 Å². The van der Waals surface area contributed by atoms with E-state index in [1.54, 1.807) is 40.8 Å². The topological polar surface area (TPSA) is 108 Å². The number of hydrogen-bond acceptors (Lipinski definition) is 7. The summed E-state index contributed by atoms with van der Waals surface area (Å²) in [5.41, 5.74) is 1.27. The standard InChI is InChI=1S/C17H17N7O2S/c1-10-11(2)21-17-24(16(10)26)12(7-27-17)5-15(25)22-13-6-14(20-8-19-13)23-4-3-18-9-23/h3-4,6,8-9,12H,5,7H2,1-2H3,(H,19,20,22,25). The van der Waals surface area contributed by atoms with Gasteiger partial charge in [-0.2, -0.15) is 0 Å². The summed E-state index contributed by atoms with van der Waals surface area (Å²) in [6, 6.07) is 1.44. The zero-order valence-corrected chi connectivity index (χ0v) is 15.6. The molecule has 0 bridgehead atoms. The van der Waals surface area contributed by atoms with Crippen molar-refractivity contribution < 1.29 is 4.79 Å². The third-order valence-corrected chi connectivity index (χ3v) is 5.53. The molecule has 0 spiro atoms. The molecule has 1 aliphatic heterocycles. The van der Waals surface area contributed by atoms with Crippen molar-refractivity contribution in [1.82, 2.24) is 29.1 Å². The average molecular weight is 383 g/mol. The number of imidazole rings is 1. The van der Waals surface area contributed by atoms with Gasteiger partial charge in [0.25, 0.3) is 5.56 Å². The summed E-state index contributed by atoms with van der Waals surface area (Å²) in [6.45, 7) is 3.59. The zero-order chi connectivity index (χ0) is 19.0. The van der Waals surface area contributed by atoms with Crippen LogP contribution in [0, 0.1) is 13.8 Å². The Morgan fingerprint density at radius 3 is 3.00 bits per heavy atom. The van der Waals surface area contributed by atoms with Crippen LogP contribution in [0.5, 0.6) is 0 Å². The Labute approximate surface area is 158 Å². The Morgan fingerprint density at radius 1 is 1.37 bits per heavy atom. The van der Waals surface area contributed by atoms with E-state index in [9.17, 15) is 9.59 Å². The van der Waals surface area contributed by atoms with Crippen LogP contribution in [0.2, 0.25) is 0 Å². The Kier molecular flexibility index (Phi) is 4.48. The van der Waals surface area contributed by atoms with E-state index in [2.05, 4.69) is 25.3 Å². The van der Waals surface area contributed by atoms with Crippen LogP contribution in [0.1, 0.15) is 23.7 Å². The molecule has 138 valence electrons. The average Bonchev–Trinajstić information content (AvgIpc) is 3.30. The minimum Gasteiger partial charge on any atom is -0.310 e. The van der Waals surface area contributed by atoms with Gasteiger partial charge in [0.2, 0.25) is 5.91 Å². The quantitative estimate of drug-likeness (QED) is 0.680. The molecule has 0 aliphatic carbocycles. The molecule has 0 saturated carbocycles. The minimum atomic E-state index is -0.223. The number of hydrogen-bond donors (Lipinski definition) is 1. The maximum Gasteiger partial charge on any atom is 0.257 e. The molecule has 0 radical (unpaired) electrons. The van der Waals surface area contributed by atoms with E-state index in [1.807, 2.05) is 6.92 Å². The highest BCUT2D eigenvalue weighted by Gasteiger charge is 2.28. The number of thioether (sulfide) groups is 1. The third kappa shape index (κ3) is 3.35. The van der Waals surface area contributed by atoms with E-state index in [4.69, 9.17) is 0 Å². The summed E-state index contributed by atoms with van der Waals surface area (Å²) < 4.78 is 3.35. The molecule has 0 saturated heterocycles. The van der Waals surface area contributed by atoms with Crippen molar-refractivity contribution in [2.24, 2.45) is 0 Å².